The predicted octanol–water partition coefficient (Wildman–Crippen LogP) is 3.06. The van der Waals surface area contributed by atoms with Crippen LogP contribution in [0.3, 0.4) is 0 Å². The zero-order valence-corrected chi connectivity index (χ0v) is 10.3. The van der Waals surface area contributed by atoms with Gasteiger partial charge < -0.3 is 4.98 Å². The highest BCUT2D eigenvalue weighted by atomic mass is 79.9. The molecule has 0 unspecified atom stereocenters. The summed E-state index contributed by atoms with van der Waals surface area (Å²) in [6, 6.07) is 8.13. The summed E-state index contributed by atoms with van der Waals surface area (Å²) >= 11 is 3.44. The topological polar surface area (TPSA) is 51.0 Å². The average Bonchev–Trinajstić information content (AvgIpc) is 2.61. The van der Waals surface area contributed by atoms with Gasteiger partial charge in [0, 0.05) is 21.1 Å². The van der Waals surface area contributed by atoms with E-state index >= 15 is 0 Å². The molecule has 0 bridgehead atoms. The Morgan fingerprint density at radius 1 is 1.33 bits per heavy atom. The summed E-state index contributed by atoms with van der Waals surface area (Å²) < 4.78 is 1.06. The number of H-pyrrole nitrogens is 1. The molecule has 15 heavy (non-hydrogen) atoms. The summed E-state index contributed by atoms with van der Waals surface area (Å²) in [6.07, 6.45) is 0. The zero-order valence-electron chi connectivity index (χ0n) is 8.67. The van der Waals surface area contributed by atoms with E-state index in [4.69, 9.17) is 10.7 Å². The van der Waals surface area contributed by atoms with Crippen molar-refractivity contribution < 1.29 is 4.84 Å². The largest absolute Gasteiger partial charge is 0.356 e. The van der Waals surface area contributed by atoms with E-state index in [1.54, 1.807) is 0 Å². The lowest BCUT2D eigenvalue weighted by molar-refractivity contribution is -0.0263. The second kappa shape index (κ2) is 3.63. The minimum Gasteiger partial charge on any atom is -0.356 e. The van der Waals surface area contributed by atoms with Crippen LogP contribution in [-0.2, 0) is 10.4 Å². The lowest BCUT2D eigenvalue weighted by Crippen LogP contribution is -2.25. The summed E-state index contributed by atoms with van der Waals surface area (Å²) in [5.74, 6) is 5.26. The van der Waals surface area contributed by atoms with Crippen LogP contribution in [0.1, 0.15) is 19.5 Å². The van der Waals surface area contributed by atoms with Crippen LogP contribution in [-0.4, -0.2) is 4.98 Å². The normalized spacial score (nSPS) is 12.3. The number of hydrogen-bond acceptors (Lipinski definition) is 2. The Hall–Kier alpha value is -0.840. The molecule has 1 aromatic heterocycles. The molecule has 1 heterocycles. The molecule has 0 fully saturated rings. The first-order chi connectivity index (χ1) is 7.03. The van der Waals surface area contributed by atoms with Gasteiger partial charge in [-0.1, -0.05) is 15.9 Å². The number of fused-ring (bicyclic) bond motifs is 1. The molecule has 0 amide bonds. The van der Waals surface area contributed by atoms with Crippen LogP contribution in [0.2, 0.25) is 0 Å². The molecule has 4 heteroatoms. The fourth-order valence-corrected chi connectivity index (χ4v) is 1.87. The summed E-state index contributed by atoms with van der Waals surface area (Å²) in [5.41, 5.74) is 1.56. The third-order valence-corrected chi connectivity index (χ3v) is 3.02. The number of nitrogens with one attached hydrogen (secondary N) is 1. The fraction of sp³-hybridized carbons (Fsp3) is 0.273. The number of hydrogen-bond donors (Lipinski definition) is 2. The van der Waals surface area contributed by atoms with Crippen molar-refractivity contribution in [3.05, 3.63) is 34.4 Å². The molecular formula is C11H13BrN2O. The van der Waals surface area contributed by atoms with E-state index in [1.807, 2.05) is 32.0 Å². The van der Waals surface area contributed by atoms with E-state index in [0.717, 1.165) is 21.1 Å². The van der Waals surface area contributed by atoms with Crippen molar-refractivity contribution in [2.45, 2.75) is 19.4 Å². The number of aromatic nitrogens is 1. The summed E-state index contributed by atoms with van der Waals surface area (Å²) in [6.45, 7) is 3.85. The van der Waals surface area contributed by atoms with Gasteiger partial charge in [0.2, 0.25) is 0 Å². The predicted molar refractivity (Wildman–Crippen MR) is 64.3 cm³/mol. The number of rotatable bonds is 2. The van der Waals surface area contributed by atoms with Crippen molar-refractivity contribution in [3.63, 3.8) is 0 Å². The Labute approximate surface area is 96.7 Å². The van der Waals surface area contributed by atoms with E-state index in [9.17, 15) is 0 Å². The minimum absolute atomic E-state index is 0.495. The Bertz CT molecular complexity index is 490. The van der Waals surface area contributed by atoms with Crippen LogP contribution in [0.25, 0.3) is 10.9 Å². The van der Waals surface area contributed by atoms with Crippen LogP contribution in [0.15, 0.2) is 28.7 Å². The quantitative estimate of drug-likeness (QED) is 0.823. The van der Waals surface area contributed by atoms with Crippen molar-refractivity contribution in [1.29, 1.82) is 0 Å². The fourth-order valence-electron chi connectivity index (χ4n) is 1.49. The van der Waals surface area contributed by atoms with Gasteiger partial charge in [0.1, 0.15) is 5.60 Å². The Morgan fingerprint density at radius 2 is 2.07 bits per heavy atom. The molecule has 0 radical (unpaired) electrons. The Morgan fingerprint density at radius 3 is 2.73 bits per heavy atom. The van der Waals surface area contributed by atoms with Gasteiger partial charge in [0.15, 0.2) is 0 Å². The number of halogens is 1. The van der Waals surface area contributed by atoms with E-state index in [2.05, 4.69) is 27.0 Å². The summed E-state index contributed by atoms with van der Waals surface area (Å²) in [4.78, 5) is 8.23. The van der Waals surface area contributed by atoms with Crippen molar-refractivity contribution in [3.8, 4) is 0 Å². The van der Waals surface area contributed by atoms with Crippen molar-refractivity contribution in [1.82, 2.24) is 4.98 Å². The highest BCUT2D eigenvalue weighted by molar-refractivity contribution is 9.10. The van der Waals surface area contributed by atoms with Crippen LogP contribution in [0.5, 0.6) is 0 Å². The van der Waals surface area contributed by atoms with Gasteiger partial charge in [0.25, 0.3) is 0 Å². The van der Waals surface area contributed by atoms with Gasteiger partial charge in [-0.15, -0.1) is 0 Å². The molecule has 2 aromatic rings. The van der Waals surface area contributed by atoms with Gasteiger partial charge in [-0.3, -0.25) is 4.84 Å². The molecule has 1 aromatic carbocycles. The van der Waals surface area contributed by atoms with E-state index in [1.165, 1.54) is 0 Å². The second-order valence-electron chi connectivity index (χ2n) is 4.04. The molecule has 80 valence electrons. The first-order valence-corrected chi connectivity index (χ1v) is 5.49. The molecule has 0 aliphatic heterocycles. The first kappa shape index (κ1) is 10.7. The third kappa shape index (κ3) is 1.93. The molecule has 3 nitrogen and oxygen atoms in total. The smallest absolute Gasteiger partial charge is 0.123 e. The SMILES string of the molecule is CC(C)(ON)c1cc2cc(Br)ccc2[nH]1. The molecular weight excluding hydrogens is 256 g/mol. The van der Waals surface area contributed by atoms with Crippen molar-refractivity contribution >= 4 is 26.8 Å². The van der Waals surface area contributed by atoms with Crippen LogP contribution < -0.4 is 5.90 Å². The van der Waals surface area contributed by atoms with E-state index < -0.39 is 5.60 Å². The number of benzene rings is 1. The molecule has 0 spiro atoms. The molecule has 0 aliphatic rings. The monoisotopic (exact) mass is 268 g/mol. The summed E-state index contributed by atoms with van der Waals surface area (Å²) in [5, 5.41) is 1.14. The number of nitrogens with two attached hydrogens (primary N) is 1. The number of aromatic amines is 1. The molecule has 0 saturated heterocycles. The minimum atomic E-state index is -0.495. The maximum absolute atomic E-state index is 5.26. The maximum atomic E-state index is 5.26. The standard InChI is InChI=1S/C11H13BrN2O/c1-11(2,15-13)10-6-7-5-8(12)3-4-9(7)14-10/h3-6,14H,13H2,1-2H3. The van der Waals surface area contributed by atoms with Gasteiger partial charge in [0.05, 0.1) is 0 Å². The zero-order chi connectivity index (χ0) is 11.1. The Kier molecular flexibility index (Phi) is 2.58. The second-order valence-corrected chi connectivity index (χ2v) is 4.96. The van der Waals surface area contributed by atoms with E-state index in [-0.39, 0.29) is 0 Å². The lowest BCUT2D eigenvalue weighted by Gasteiger charge is -2.19. The van der Waals surface area contributed by atoms with E-state index in [0.29, 0.717) is 0 Å². The maximum Gasteiger partial charge on any atom is 0.123 e. The summed E-state index contributed by atoms with van der Waals surface area (Å²) in [7, 11) is 0. The molecule has 2 rings (SSSR count). The van der Waals surface area contributed by atoms with Gasteiger partial charge in [-0.2, -0.15) is 0 Å². The van der Waals surface area contributed by atoms with Crippen molar-refractivity contribution in [2.75, 3.05) is 0 Å². The van der Waals surface area contributed by atoms with Crippen LogP contribution in [0.4, 0.5) is 0 Å². The van der Waals surface area contributed by atoms with Gasteiger partial charge >= 0.3 is 0 Å². The highest BCUT2D eigenvalue weighted by Gasteiger charge is 2.22. The molecule has 3 N–H and O–H groups in total. The third-order valence-electron chi connectivity index (χ3n) is 2.53. The van der Waals surface area contributed by atoms with Crippen LogP contribution in [0, 0.1) is 0 Å². The highest BCUT2D eigenvalue weighted by Crippen LogP contribution is 2.27. The van der Waals surface area contributed by atoms with Gasteiger partial charge in [-0.05, 0) is 38.1 Å². The van der Waals surface area contributed by atoms with Gasteiger partial charge in [-0.25, -0.2) is 5.90 Å². The lowest BCUT2D eigenvalue weighted by atomic mass is 10.1. The molecule has 0 saturated carbocycles. The Balaban J connectivity index is 2.56. The van der Waals surface area contributed by atoms with Crippen molar-refractivity contribution in [2.24, 2.45) is 5.90 Å². The van der Waals surface area contributed by atoms with Crippen LogP contribution >= 0.6 is 15.9 Å². The first-order valence-electron chi connectivity index (χ1n) is 4.69. The molecule has 0 atom stereocenters. The molecule has 0 aliphatic carbocycles. The average molecular weight is 269 g/mol.